The molecule has 3 aromatic rings. The Morgan fingerprint density at radius 3 is 2.57 bits per heavy atom. The first kappa shape index (κ1) is 20.4. The fraction of sp³-hybridized carbons (Fsp3) is 0.158. The number of aromatic nitrogens is 2. The van der Waals surface area contributed by atoms with E-state index < -0.39 is 15.9 Å². The second-order valence-electron chi connectivity index (χ2n) is 6.01. The molecule has 0 fully saturated rings. The van der Waals surface area contributed by atoms with Crippen LogP contribution in [0.1, 0.15) is 21.9 Å². The highest BCUT2D eigenvalue weighted by atomic mass is 35.5. The van der Waals surface area contributed by atoms with Crippen molar-refractivity contribution >= 4 is 39.3 Å². The van der Waals surface area contributed by atoms with Gasteiger partial charge in [-0.1, -0.05) is 35.9 Å². The van der Waals surface area contributed by atoms with Gasteiger partial charge in [0.1, 0.15) is 11.5 Å². The molecule has 146 valence electrons. The molecule has 0 radical (unpaired) electrons. The van der Waals surface area contributed by atoms with Gasteiger partial charge in [-0.2, -0.15) is 0 Å². The molecule has 0 saturated carbocycles. The molecule has 1 aromatic heterocycles. The zero-order valence-electron chi connectivity index (χ0n) is 15.2. The van der Waals surface area contributed by atoms with Gasteiger partial charge in [0.25, 0.3) is 15.9 Å². The van der Waals surface area contributed by atoms with E-state index in [-0.39, 0.29) is 10.6 Å². The first-order valence-corrected chi connectivity index (χ1v) is 11.4. The van der Waals surface area contributed by atoms with Gasteiger partial charge in [0.05, 0.1) is 11.4 Å². The maximum atomic E-state index is 12.4. The Morgan fingerprint density at radius 1 is 1.21 bits per heavy atom. The molecule has 0 aliphatic heterocycles. The van der Waals surface area contributed by atoms with E-state index in [0.29, 0.717) is 17.4 Å². The van der Waals surface area contributed by atoms with Crippen molar-refractivity contribution < 1.29 is 13.2 Å². The zero-order chi connectivity index (χ0) is 20.3. The standard InChI is InChI=1S/C19H18ClN3O3S2/c1-13-21-18(19(24)22-28(25,26)16-6-4-3-5-7-16)12-23(13)11-14-8-9-15(27-2)10-17(14)20/h3-10,12H,11H2,1-2H3,(H,22,24). The molecule has 0 bridgehead atoms. The number of aryl methyl sites for hydroxylation is 1. The number of carbonyl (C=O) groups excluding carboxylic acids is 1. The molecule has 6 nitrogen and oxygen atoms in total. The number of amides is 1. The normalized spacial score (nSPS) is 11.4. The largest absolute Gasteiger partial charge is 0.330 e. The fourth-order valence-corrected chi connectivity index (χ4v) is 4.30. The molecule has 2 aromatic carbocycles. The number of hydrogen-bond acceptors (Lipinski definition) is 5. The van der Waals surface area contributed by atoms with Gasteiger partial charge in [-0.3, -0.25) is 4.79 Å². The highest BCUT2D eigenvalue weighted by molar-refractivity contribution is 7.98. The lowest BCUT2D eigenvalue weighted by molar-refractivity contribution is 0.0977. The van der Waals surface area contributed by atoms with Crippen molar-refractivity contribution in [3.05, 3.63) is 76.8 Å². The Hall–Kier alpha value is -2.29. The van der Waals surface area contributed by atoms with Crippen LogP contribution < -0.4 is 4.72 Å². The van der Waals surface area contributed by atoms with E-state index in [1.807, 2.05) is 29.2 Å². The quantitative estimate of drug-likeness (QED) is 0.596. The molecule has 3 rings (SSSR count). The Morgan fingerprint density at radius 2 is 1.93 bits per heavy atom. The van der Waals surface area contributed by atoms with Crippen molar-refractivity contribution in [2.45, 2.75) is 23.3 Å². The third-order valence-corrected chi connectivity index (χ3v) is 6.51. The molecule has 0 unspecified atom stereocenters. The first-order chi connectivity index (χ1) is 13.3. The van der Waals surface area contributed by atoms with Crippen LogP contribution in [0.3, 0.4) is 0 Å². The summed E-state index contributed by atoms with van der Waals surface area (Å²) in [6.45, 7) is 2.16. The molecule has 1 amide bonds. The Kier molecular flexibility index (Phi) is 6.12. The average Bonchev–Trinajstić information content (AvgIpc) is 3.04. The SMILES string of the molecule is CSc1ccc(Cn2cc(C(=O)NS(=O)(=O)c3ccccc3)nc2C)c(Cl)c1. The molecule has 0 aliphatic rings. The van der Waals surface area contributed by atoms with Crippen molar-refractivity contribution in [2.75, 3.05) is 6.26 Å². The minimum atomic E-state index is -3.96. The van der Waals surface area contributed by atoms with E-state index in [1.165, 1.54) is 18.3 Å². The van der Waals surface area contributed by atoms with Crippen LogP contribution in [0.5, 0.6) is 0 Å². The summed E-state index contributed by atoms with van der Waals surface area (Å²) in [5.41, 5.74) is 0.901. The van der Waals surface area contributed by atoms with Crippen LogP contribution in [-0.2, 0) is 16.6 Å². The molecule has 1 N–H and O–H groups in total. The molecule has 0 spiro atoms. The number of imidazole rings is 1. The summed E-state index contributed by atoms with van der Waals surface area (Å²) in [5.74, 6) is -0.207. The lowest BCUT2D eigenvalue weighted by Gasteiger charge is -2.08. The predicted octanol–water partition coefficient (Wildman–Crippen LogP) is 3.73. The third-order valence-electron chi connectivity index (χ3n) is 4.09. The highest BCUT2D eigenvalue weighted by Gasteiger charge is 2.21. The van der Waals surface area contributed by atoms with Crippen LogP contribution in [0.15, 0.2) is 64.5 Å². The summed E-state index contributed by atoms with van der Waals surface area (Å²) in [6.07, 6.45) is 3.49. The number of carbonyl (C=O) groups is 1. The van der Waals surface area contributed by atoms with Crippen molar-refractivity contribution in [3.63, 3.8) is 0 Å². The molecular weight excluding hydrogens is 418 g/mol. The molecule has 1 heterocycles. The van der Waals surface area contributed by atoms with Gasteiger partial charge in [-0.15, -0.1) is 11.8 Å². The number of benzene rings is 2. The Bertz CT molecular complexity index is 1110. The molecule has 0 aliphatic carbocycles. The molecule has 0 saturated heterocycles. The molecular formula is C19H18ClN3O3S2. The summed E-state index contributed by atoms with van der Waals surface area (Å²) in [4.78, 5) is 17.7. The van der Waals surface area contributed by atoms with Gasteiger partial charge in [0.15, 0.2) is 0 Å². The van der Waals surface area contributed by atoms with Crippen LogP contribution >= 0.6 is 23.4 Å². The fourth-order valence-electron chi connectivity index (χ4n) is 2.58. The smallest absolute Gasteiger partial charge is 0.285 e. The Balaban J connectivity index is 1.79. The maximum absolute atomic E-state index is 12.4. The molecule has 9 heteroatoms. The van der Waals surface area contributed by atoms with Crippen LogP contribution in [0, 0.1) is 6.92 Å². The maximum Gasteiger partial charge on any atom is 0.285 e. The minimum absolute atomic E-state index is 0.0140. The summed E-state index contributed by atoms with van der Waals surface area (Å²) in [5, 5.41) is 0.623. The number of halogens is 1. The first-order valence-electron chi connectivity index (χ1n) is 8.28. The van der Waals surface area contributed by atoms with Crippen molar-refractivity contribution in [1.82, 2.24) is 14.3 Å². The number of rotatable bonds is 6. The lowest BCUT2D eigenvalue weighted by atomic mass is 10.2. The van der Waals surface area contributed by atoms with Gasteiger partial charge in [0, 0.05) is 16.1 Å². The average molecular weight is 436 g/mol. The topological polar surface area (TPSA) is 81.1 Å². The van der Waals surface area contributed by atoms with E-state index >= 15 is 0 Å². The van der Waals surface area contributed by atoms with E-state index in [9.17, 15) is 13.2 Å². The van der Waals surface area contributed by atoms with Crippen LogP contribution in [0.25, 0.3) is 0 Å². The number of thioether (sulfide) groups is 1. The van der Waals surface area contributed by atoms with Gasteiger partial charge in [0.2, 0.25) is 0 Å². The van der Waals surface area contributed by atoms with Gasteiger partial charge < -0.3 is 4.57 Å². The van der Waals surface area contributed by atoms with E-state index in [4.69, 9.17) is 11.6 Å². The van der Waals surface area contributed by atoms with Crippen LogP contribution in [-0.4, -0.2) is 30.1 Å². The van der Waals surface area contributed by atoms with E-state index in [2.05, 4.69) is 4.98 Å². The van der Waals surface area contributed by atoms with Crippen molar-refractivity contribution in [3.8, 4) is 0 Å². The number of hydrogen-bond donors (Lipinski definition) is 1. The second-order valence-corrected chi connectivity index (χ2v) is 8.98. The second kappa shape index (κ2) is 8.38. The number of sulfonamides is 1. The summed E-state index contributed by atoms with van der Waals surface area (Å²) in [6, 6.07) is 13.5. The van der Waals surface area contributed by atoms with Crippen LogP contribution in [0.4, 0.5) is 0 Å². The van der Waals surface area contributed by atoms with Gasteiger partial charge >= 0.3 is 0 Å². The Labute approximate surface area is 173 Å². The number of nitrogens with one attached hydrogen (secondary N) is 1. The summed E-state index contributed by atoms with van der Waals surface area (Å²) >= 11 is 7.93. The monoisotopic (exact) mass is 435 g/mol. The lowest BCUT2D eigenvalue weighted by Crippen LogP contribution is -2.30. The minimum Gasteiger partial charge on any atom is -0.330 e. The van der Waals surface area contributed by atoms with E-state index in [1.54, 1.807) is 41.5 Å². The van der Waals surface area contributed by atoms with Crippen LogP contribution in [0.2, 0.25) is 5.02 Å². The van der Waals surface area contributed by atoms with Crippen molar-refractivity contribution in [2.24, 2.45) is 0 Å². The van der Waals surface area contributed by atoms with Crippen molar-refractivity contribution in [1.29, 1.82) is 0 Å². The summed E-state index contributed by atoms with van der Waals surface area (Å²) < 4.78 is 28.4. The van der Waals surface area contributed by atoms with Gasteiger partial charge in [-0.25, -0.2) is 18.1 Å². The predicted molar refractivity (Wildman–Crippen MR) is 110 cm³/mol. The van der Waals surface area contributed by atoms with E-state index in [0.717, 1.165) is 10.5 Å². The third kappa shape index (κ3) is 4.57. The van der Waals surface area contributed by atoms with Gasteiger partial charge in [-0.05, 0) is 43.0 Å². The molecule has 0 atom stereocenters. The highest BCUT2D eigenvalue weighted by Crippen LogP contribution is 2.24. The summed E-state index contributed by atoms with van der Waals surface area (Å²) in [7, 11) is -3.96. The zero-order valence-corrected chi connectivity index (χ0v) is 17.6. The number of nitrogens with zero attached hydrogens (tertiary/aromatic N) is 2. The molecule has 28 heavy (non-hydrogen) atoms.